The van der Waals surface area contributed by atoms with Gasteiger partial charge in [-0.25, -0.2) is 4.98 Å². The molecule has 0 aliphatic heterocycles. The van der Waals surface area contributed by atoms with E-state index in [0.29, 0.717) is 22.2 Å². The molecule has 5 heteroatoms. The van der Waals surface area contributed by atoms with Crippen LogP contribution in [0.1, 0.15) is 5.56 Å². The quantitative estimate of drug-likeness (QED) is 0.649. The zero-order valence-corrected chi connectivity index (χ0v) is 12.4. The molecule has 96 valence electrons. The highest BCUT2D eigenvalue weighted by atomic mass is 79.9. The third-order valence-corrected chi connectivity index (χ3v) is 3.60. The van der Waals surface area contributed by atoms with E-state index >= 15 is 0 Å². The van der Waals surface area contributed by atoms with Gasteiger partial charge in [0, 0.05) is 15.1 Å². The second-order valence-electron chi connectivity index (χ2n) is 4.32. The summed E-state index contributed by atoms with van der Waals surface area (Å²) in [6.07, 6.45) is 0. The molecular weight excluding hydrogens is 328 g/mol. The molecule has 3 aromatic rings. The van der Waals surface area contributed by atoms with E-state index in [0.717, 1.165) is 21.1 Å². The van der Waals surface area contributed by atoms with Gasteiger partial charge in [0.15, 0.2) is 5.58 Å². The monoisotopic (exact) mass is 336 g/mol. The molecule has 1 aromatic heterocycles. The van der Waals surface area contributed by atoms with Crippen LogP contribution in [0.25, 0.3) is 22.6 Å². The Labute approximate surface area is 123 Å². The summed E-state index contributed by atoms with van der Waals surface area (Å²) in [6, 6.07) is 9.27. The van der Waals surface area contributed by atoms with Crippen molar-refractivity contribution in [1.29, 1.82) is 0 Å². The molecular formula is C14H10BrClN2O. The lowest BCUT2D eigenvalue weighted by molar-refractivity contribution is 0.620. The molecule has 0 atom stereocenters. The van der Waals surface area contributed by atoms with Gasteiger partial charge in [-0.1, -0.05) is 27.5 Å². The van der Waals surface area contributed by atoms with Crippen LogP contribution < -0.4 is 5.73 Å². The van der Waals surface area contributed by atoms with Crippen molar-refractivity contribution in [3.8, 4) is 11.5 Å². The van der Waals surface area contributed by atoms with Gasteiger partial charge in [0.2, 0.25) is 5.89 Å². The number of hydrogen-bond acceptors (Lipinski definition) is 3. The molecule has 2 N–H and O–H groups in total. The van der Waals surface area contributed by atoms with Crippen LogP contribution in [0, 0.1) is 6.92 Å². The van der Waals surface area contributed by atoms with Crippen molar-refractivity contribution >= 4 is 44.3 Å². The van der Waals surface area contributed by atoms with Crippen molar-refractivity contribution in [2.45, 2.75) is 6.92 Å². The fourth-order valence-corrected chi connectivity index (χ4v) is 2.70. The Kier molecular flexibility index (Phi) is 2.99. The number of oxazole rings is 1. The predicted octanol–water partition coefficient (Wildman–Crippen LogP) is 4.80. The topological polar surface area (TPSA) is 52.0 Å². The fraction of sp³-hybridized carbons (Fsp3) is 0.0714. The number of nitrogens with two attached hydrogens (primary N) is 1. The number of rotatable bonds is 1. The smallest absolute Gasteiger partial charge is 0.227 e. The fourth-order valence-electron chi connectivity index (χ4n) is 2.01. The van der Waals surface area contributed by atoms with E-state index < -0.39 is 0 Å². The molecule has 0 bridgehead atoms. The van der Waals surface area contributed by atoms with E-state index in [4.69, 9.17) is 21.8 Å². The first-order valence-electron chi connectivity index (χ1n) is 5.66. The maximum atomic E-state index is 5.95. The van der Waals surface area contributed by atoms with Crippen LogP contribution in [-0.4, -0.2) is 4.98 Å². The van der Waals surface area contributed by atoms with Gasteiger partial charge in [0.25, 0.3) is 0 Å². The van der Waals surface area contributed by atoms with E-state index in [2.05, 4.69) is 20.9 Å². The molecule has 0 saturated heterocycles. The molecule has 0 saturated carbocycles. The van der Waals surface area contributed by atoms with Gasteiger partial charge in [0.1, 0.15) is 5.52 Å². The first-order chi connectivity index (χ1) is 9.04. The van der Waals surface area contributed by atoms with Gasteiger partial charge in [-0.15, -0.1) is 0 Å². The number of aryl methyl sites for hydroxylation is 1. The third kappa shape index (κ3) is 2.22. The van der Waals surface area contributed by atoms with E-state index in [1.54, 1.807) is 6.07 Å². The van der Waals surface area contributed by atoms with Gasteiger partial charge >= 0.3 is 0 Å². The number of nitrogen functional groups attached to an aromatic ring is 1. The minimum absolute atomic E-state index is 0.550. The van der Waals surface area contributed by atoms with E-state index in [1.807, 2.05) is 31.2 Å². The van der Waals surface area contributed by atoms with Crippen LogP contribution in [-0.2, 0) is 0 Å². The minimum atomic E-state index is 0.550. The molecule has 3 nitrogen and oxygen atoms in total. The van der Waals surface area contributed by atoms with Crippen LogP contribution in [0.4, 0.5) is 5.69 Å². The van der Waals surface area contributed by atoms with Crippen molar-refractivity contribution in [2.75, 3.05) is 5.73 Å². The van der Waals surface area contributed by atoms with Gasteiger partial charge < -0.3 is 10.2 Å². The summed E-state index contributed by atoms with van der Waals surface area (Å²) < 4.78 is 6.64. The Balaban J connectivity index is 2.23. The molecule has 0 unspecified atom stereocenters. The zero-order valence-electron chi connectivity index (χ0n) is 10.1. The Morgan fingerprint density at radius 1 is 1.26 bits per heavy atom. The Morgan fingerprint density at radius 3 is 2.79 bits per heavy atom. The number of hydrogen-bond donors (Lipinski definition) is 1. The lowest BCUT2D eigenvalue weighted by Gasteiger charge is -2.01. The second kappa shape index (κ2) is 4.54. The Morgan fingerprint density at radius 2 is 2.05 bits per heavy atom. The first-order valence-corrected chi connectivity index (χ1v) is 6.84. The minimum Gasteiger partial charge on any atom is -0.434 e. The summed E-state index contributed by atoms with van der Waals surface area (Å²) in [5.74, 6) is 0.550. The number of fused-ring (bicyclic) bond motifs is 1. The highest BCUT2D eigenvalue weighted by Crippen LogP contribution is 2.32. The summed E-state index contributed by atoms with van der Waals surface area (Å²) in [4.78, 5) is 4.48. The lowest BCUT2D eigenvalue weighted by Crippen LogP contribution is -1.84. The molecule has 0 spiro atoms. The maximum absolute atomic E-state index is 5.95. The lowest BCUT2D eigenvalue weighted by atomic mass is 10.1. The number of halogens is 2. The van der Waals surface area contributed by atoms with Crippen LogP contribution in [0.5, 0.6) is 0 Å². The van der Waals surface area contributed by atoms with Crippen LogP contribution in [0.15, 0.2) is 39.2 Å². The summed E-state index contributed by atoms with van der Waals surface area (Å²) in [5.41, 5.74) is 9.75. The Bertz CT molecular complexity index is 782. The maximum Gasteiger partial charge on any atom is 0.227 e. The highest BCUT2D eigenvalue weighted by Gasteiger charge is 2.13. The van der Waals surface area contributed by atoms with Gasteiger partial charge in [-0.05, 0) is 42.8 Å². The molecule has 0 amide bonds. The van der Waals surface area contributed by atoms with E-state index in [9.17, 15) is 0 Å². The highest BCUT2D eigenvalue weighted by molar-refractivity contribution is 9.10. The first kappa shape index (κ1) is 12.5. The molecule has 0 aliphatic rings. The number of anilines is 1. The van der Waals surface area contributed by atoms with Gasteiger partial charge in [-0.2, -0.15) is 0 Å². The molecule has 1 heterocycles. The van der Waals surface area contributed by atoms with E-state index in [1.165, 1.54) is 0 Å². The van der Waals surface area contributed by atoms with Crippen molar-refractivity contribution < 1.29 is 4.42 Å². The normalized spacial score (nSPS) is 11.1. The molecule has 3 rings (SSSR count). The van der Waals surface area contributed by atoms with Crippen molar-refractivity contribution in [3.05, 3.63) is 45.4 Å². The van der Waals surface area contributed by atoms with Crippen molar-refractivity contribution in [3.63, 3.8) is 0 Å². The summed E-state index contributed by atoms with van der Waals surface area (Å²) in [7, 11) is 0. The molecule has 0 aliphatic carbocycles. The van der Waals surface area contributed by atoms with Gasteiger partial charge in [-0.3, -0.25) is 0 Å². The SMILES string of the molecule is Cc1cc(Cl)ccc1-c1nc2cc(Br)cc(N)c2o1. The largest absolute Gasteiger partial charge is 0.434 e. The molecule has 2 aromatic carbocycles. The summed E-state index contributed by atoms with van der Waals surface area (Å²) in [5, 5.41) is 0.694. The summed E-state index contributed by atoms with van der Waals surface area (Å²) >= 11 is 9.35. The standard InChI is InChI=1S/C14H10BrClN2O/c1-7-4-9(16)2-3-10(7)14-18-12-6-8(15)5-11(17)13(12)19-14/h2-6H,17H2,1H3. The second-order valence-corrected chi connectivity index (χ2v) is 5.67. The van der Waals surface area contributed by atoms with E-state index in [-0.39, 0.29) is 0 Å². The van der Waals surface area contributed by atoms with Crippen molar-refractivity contribution in [2.24, 2.45) is 0 Å². The number of benzene rings is 2. The number of nitrogens with zero attached hydrogens (tertiary/aromatic N) is 1. The zero-order chi connectivity index (χ0) is 13.6. The molecule has 0 fully saturated rings. The van der Waals surface area contributed by atoms with Gasteiger partial charge in [0.05, 0.1) is 5.69 Å². The predicted molar refractivity (Wildman–Crippen MR) is 81.3 cm³/mol. The van der Waals surface area contributed by atoms with Crippen LogP contribution in [0.2, 0.25) is 5.02 Å². The average Bonchev–Trinajstić information content (AvgIpc) is 2.72. The molecule has 19 heavy (non-hydrogen) atoms. The third-order valence-electron chi connectivity index (χ3n) is 2.90. The average molecular weight is 338 g/mol. The van der Waals surface area contributed by atoms with Crippen LogP contribution in [0.3, 0.4) is 0 Å². The number of aromatic nitrogens is 1. The Hall–Kier alpha value is -1.52. The molecule has 0 radical (unpaired) electrons. The summed E-state index contributed by atoms with van der Waals surface area (Å²) in [6.45, 7) is 1.97. The van der Waals surface area contributed by atoms with Crippen LogP contribution >= 0.6 is 27.5 Å². The van der Waals surface area contributed by atoms with Crippen molar-refractivity contribution in [1.82, 2.24) is 4.98 Å².